The van der Waals surface area contributed by atoms with Crippen LogP contribution in [0.1, 0.15) is 36.1 Å². The molecule has 0 fully saturated rings. The number of rotatable bonds is 2. The monoisotopic (exact) mass is 238 g/mol. The highest BCUT2D eigenvalue weighted by atomic mass is 15.0. The number of benzene rings is 1. The van der Waals surface area contributed by atoms with Gasteiger partial charge in [0, 0.05) is 18.4 Å². The maximum atomic E-state index is 4.11. The van der Waals surface area contributed by atoms with Crippen LogP contribution >= 0.6 is 0 Å². The van der Waals surface area contributed by atoms with Crippen molar-refractivity contribution < 1.29 is 0 Å². The molecule has 92 valence electrons. The summed E-state index contributed by atoms with van der Waals surface area (Å²) in [5.74, 6) is 0. The third kappa shape index (κ3) is 2.04. The zero-order valence-corrected chi connectivity index (χ0v) is 10.6. The van der Waals surface area contributed by atoms with Gasteiger partial charge in [-0.05, 0) is 41.7 Å². The van der Waals surface area contributed by atoms with Gasteiger partial charge >= 0.3 is 0 Å². The Balaban J connectivity index is 2.04. The molecule has 1 aromatic carbocycles. The van der Waals surface area contributed by atoms with E-state index < -0.39 is 0 Å². The minimum Gasteiger partial charge on any atom is -0.303 e. The fourth-order valence-electron chi connectivity index (χ4n) is 2.75. The van der Waals surface area contributed by atoms with Gasteiger partial charge in [-0.3, -0.25) is 4.98 Å². The van der Waals surface area contributed by atoms with Gasteiger partial charge in [-0.2, -0.15) is 0 Å². The first-order valence-electron chi connectivity index (χ1n) is 6.62. The zero-order chi connectivity index (χ0) is 12.4. The van der Waals surface area contributed by atoms with Crippen LogP contribution in [0.5, 0.6) is 0 Å². The number of hydrogen-bond donors (Lipinski definition) is 1. The Morgan fingerprint density at radius 2 is 1.94 bits per heavy atom. The first kappa shape index (κ1) is 11.4. The van der Waals surface area contributed by atoms with Gasteiger partial charge < -0.3 is 5.32 Å². The van der Waals surface area contributed by atoms with Gasteiger partial charge in [0.15, 0.2) is 0 Å². The number of nitrogens with one attached hydrogen (secondary N) is 1. The standard InChI is InChI=1S/C16H18N2/c1-2-14-11-13-5-3-4-6-15(13)16(18-14)12-7-9-17-10-8-12/h3-10,14,16,18H,2,11H2,1H3. The summed E-state index contributed by atoms with van der Waals surface area (Å²) in [6.45, 7) is 2.25. The molecule has 2 heterocycles. The molecule has 0 radical (unpaired) electrons. The second-order valence-corrected chi connectivity index (χ2v) is 4.89. The molecule has 1 N–H and O–H groups in total. The van der Waals surface area contributed by atoms with Gasteiger partial charge in [0.05, 0.1) is 6.04 Å². The maximum Gasteiger partial charge on any atom is 0.0582 e. The van der Waals surface area contributed by atoms with Crippen LogP contribution in [-0.4, -0.2) is 11.0 Å². The van der Waals surface area contributed by atoms with E-state index in [0.717, 1.165) is 12.8 Å². The number of nitrogens with zero attached hydrogens (tertiary/aromatic N) is 1. The molecule has 2 unspecified atom stereocenters. The van der Waals surface area contributed by atoms with Crippen molar-refractivity contribution in [3.8, 4) is 0 Å². The number of fused-ring (bicyclic) bond motifs is 1. The van der Waals surface area contributed by atoms with Gasteiger partial charge in [-0.15, -0.1) is 0 Å². The van der Waals surface area contributed by atoms with E-state index in [4.69, 9.17) is 0 Å². The molecule has 0 bridgehead atoms. The molecule has 2 atom stereocenters. The molecule has 0 spiro atoms. The summed E-state index contributed by atoms with van der Waals surface area (Å²) < 4.78 is 0. The molecule has 0 saturated carbocycles. The van der Waals surface area contributed by atoms with Crippen molar-refractivity contribution in [2.24, 2.45) is 0 Å². The Labute approximate surface area is 108 Å². The van der Waals surface area contributed by atoms with E-state index >= 15 is 0 Å². The lowest BCUT2D eigenvalue weighted by Gasteiger charge is -2.33. The topological polar surface area (TPSA) is 24.9 Å². The van der Waals surface area contributed by atoms with Crippen LogP contribution in [0.25, 0.3) is 0 Å². The predicted octanol–water partition coefficient (Wildman–Crippen LogP) is 3.10. The number of hydrogen-bond acceptors (Lipinski definition) is 2. The summed E-state index contributed by atoms with van der Waals surface area (Å²) in [5, 5.41) is 3.75. The fourth-order valence-corrected chi connectivity index (χ4v) is 2.75. The highest BCUT2D eigenvalue weighted by molar-refractivity contribution is 5.39. The summed E-state index contributed by atoms with van der Waals surface area (Å²) in [6, 6.07) is 13.8. The van der Waals surface area contributed by atoms with Crippen molar-refractivity contribution >= 4 is 0 Å². The van der Waals surface area contributed by atoms with E-state index in [0.29, 0.717) is 12.1 Å². The smallest absolute Gasteiger partial charge is 0.0582 e. The number of pyridine rings is 1. The molecular weight excluding hydrogens is 220 g/mol. The van der Waals surface area contributed by atoms with Gasteiger partial charge in [0.1, 0.15) is 0 Å². The lowest BCUT2D eigenvalue weighted by Crippen LogP contribution is -2.39. The maximum absolute atomic E-state index is 4.11. The number of aromatic nitrogens is 1. The van der Waals surface area contributed by atoms with Gasteiger partial charge in [0.25, 0.3) is 0 Å². The average Bonchev–Trinajstić information content (AvgIpc) is 2.47. The molecule has 0 amide bonds. The molecule has 18 heavy (non-hydrogen) atoms. The van der Waals surface area contributed by atoms with Crippen molar-refractivity contribution in [2.45, 2.75) is 31.8 Å². The van der Waals surface area contributed by atoms with Crippen molar-refractivity contribution in [1.82, 2.24) is 10.3 Å². The SMILES string of the molecule is CCC1Cc2ccccc2C(c2ccncc2)N1. The first-order valence-corrected chi connectivity index (χ1v) is 6.62. The Bertz CT molecular complexity index is 522. The van der Waals surface area contributed by atoms with Crippen LogP contribution in [0, 0.1) is 0 Å². The lowest BCUT2D eigenvalue weighted by molar-refractivity contribution is 0.427. The van der Waals surface area contributed by atoms with Crippen molar-refractivity contribution in [3.05, 3.63) is 65.5 Å². The predicted molar refractivity (Wildman–Crippen MR) is 73.4 cm³/mol. The molecule has 3 rings (SSSR count). The summed E-state index contributed by atoms with van der Waals surface area (Å²) in [6.07, 6.45) is 6.04. The molecule has 2 nitrogen and oxygen atoms in total. The van der Waals surface area contributed by atoms with Gasteiger partial charge in [0.2, 0.25) is 0 Å². The van der Waals surface area contributed by atoms with Crippen LogP contribution in [0.3, 0.4) is 0 Å². The van der Waals surface area contributed by atoms with Gasteiger partial charge in [-0.25, -0.2) is 0 Å². The first-order chi connectivity index (χ1) is 8.88. The molecule has 1 aromatic heterocycles. The Morgan fingerprint density at radius 1 is 1.17 bits per heavy atom. The molecular formula is C16H18N2. The van der Waals surface area contributed by atoms with Crippen LogP contribution < -0.4 is 5.32 Å². The summed E-state index contributed by atoms with van der Waals surface area (Å²) >= 11 is 0. The summed E-state index contributed by atoms with van der Waals surface area (Å²) in [7, 11) is 0. The van der Waals surface area contributed by atoms with E-state index in [2.05, 4.69) is 53.6 Å². The third-order valence-corrected chi connectivity index (χ3v) is 3.77. The van der Waals surface area contributed by atoms with E-state index in [-0.39, 0.29) is 0 Å². The minimum absolute atomic E-state index is 0.308. The second-order valence-electron chi connectivity index (χ2n) is 4.89. The van der Waals surface area contributed by atoms with Gasteiger partial charge in [-0.1, -0.05) is 31.2 Å². The lowest BCUT2D eigenvalue weighted by atomic mass is 9.86. The second kappa shape index (κ2) is 4.91. The minimum atomic E-state index is 0.308. The van der Waals surface area contributed by atoms with Crippen LogP contribution in [-0.2, 0) is 6.42 Å². The fraction of sp³-hybridized carbons (Fsp3) is 0.312. The molecule has 2 aromatic rings. The highest BCUT2D eigenvalue weighted by Gasteiger charge is 2.25. The molecule has 0 saturated heterocycles. The Morgan fingerprint density at radius 3 is 2.72 bits per heavy atom. The normalized spacial score (nSPS) is 22.5. The van der Waals surface area contributed by atoms with E-state index in [1.165, 1.54) is 16.7 Å². The van der Waals surface area contributed by atoms with Crippen molar-refractivity contribution in [1.29, 1.82) is 0 Å². The van der Waals surface area contributed by atoms with E-state index in [1.807, 2.05) is 12.4 Å². The van der Waals surface area contributed by atoms with E-state index in [1.54, 1.807) is 0 Å². The zero-order valence-electron chi connectivity index (χ0n) is 10.6. The average molecular weight is 238 g/mol. The largest absolute Gasteiger partial charge is 0.303 e. The third-order valence-electron chi connectivity index (χ3n) is 3.77. The highest BCUT2D eigenvalue weighted by Crippen LogP contribution is 2.30. The molecule has 1 aliphatic heterocycles. The Kier molecular flexibility index (Phi) is 3.11. The summed E-state index contributed by atoms with van der Waals surface area (Å²) in [4.78, 5) is 4.11. The quantitative estimate of drug-likeness (QED) is 0.869. The summed E-state index contributed by atoms with van der Waals surface area (Å²) in [5.41, 5.74) is 4.19. The molecule has 1 aliphatic rings. The Hall–Kier alpha value is -1.67. The van der Waals surface area contributed by atoms with E-state index in [9.17, 15) is 0 Å². The van der Waals surface area contributed by atoms with Crippen LogP contribution in [0.15, 0.2) is 48.8 Å². The van der Waals surface area contributed by atoms with Crippen LogP contribution in [0.2, 0.25) is 0 Å². The molecule has 2 heteroatoms. The van der Waals surface area contributed by atoms with Crippen LogP contribution in [0.4, 0.5) is 0 Å². The van der Waals surface area contributed by atoms with Crippen molar-refractivity contribution in [2.75, 3.05) is 0 Å². The van der Waals surface area contributed by atoms with Crippen molar-refractivity contribution in [3.63, 3.8) is 0 Å². The molecule has 0 aliphatic carbocycles.